The quantitative estimate of drug-likeness (QED) is 0.838. The molecule has 2 fully saturated rings. The predicted octanol–water partition coefficient (Wildman–Crippen LogP) is 4.75. The largest absolute Gasteiger partial charge is 0.492 e. The third-order valence-corrected chi connectivity index (χ3v) is 6.14. The minimum Gasteiger partial charge on any atom is -0.492 e. The van der Waals surface area contributed by atoms with Crippen molar-refractivity contribution in [3.05, 3.63) is 28.3 Å². The van der Waals surface area contributed by atoms with Crippen LogP contribution < -0.4 is 10.1 Å². The molecule has 0 spiro atoms. The number of carbonyl (C=O) groups is 1. The van der Waals surface area contributed by atoms with Crippen molar-refractivity contribution in [3.63, 3.8) is 0 Å². The highest BCUT2D eigenvalue weighted by Gasteiger charge is 2.33. The normalized spacial score (nSPS) is 29.1. The zero-order valence-electron chi connectivity index (χ0n) is 14.2. The van der Waals surface area contributed by atoms with E-state index in [2.05, 4.69) is 5.32 Å². The number of amides is 1. The Morgan fingerprint density at radius 2 is 1.88 bits per heavy atom. The van der Waals surface area contributed by atoms with Crippen molar-refractivity contribution >= 4 is 17.5 Å². The highest BCUT2D eigenvalue weighted by molar-refractivity contribution is 6.31. The van der Waals surface area contributed by atoms with Gasteiger partial charge in [-0.15, -0.1) is 0 Å². The number of hydrogen-bond donors (Lipinski definition) is 1. The summed E-state index contributed by atoms with van der Waals surface area (Å²) >= 11 is 6.26. The lowest BCUT2D eigenvalue weighted by atomic mass is 9.70. The van der Waals surface area contributed by atoms with Crippen LogP contribution in [0, 0.1) is 11.8 Å². The maximum Gasteiger partial charge on any atom is 0.255 e. The fourth-order valence-corrected chi connectivity index (χ4v) is 5.12. The Morgan fingerprint density at radius 1 is 1.08 bits per heavy atom. The number of benzene rings is 1. The molecule has 2 bridgehead atoms. The van der Waals surface area contributed by atoms with Crippen LogP contribution in [-0.4, -0.2) is 18.6 Å². The number of fused-ring (bicyclic) bond motifs is 3. The zero-order chi connectivity index (χ0) is 16.5. The third kappa shape index (κ3) is 3.42. The van der Waals surface area contributed by atoms with Crippen molar-refractivity contribution in [2.45, 2.75) is 63.8 Å². The molecule has 1 amide bonds. The molecule has 4 heteroatoms. The van der Waals surface area contributed by atoms with E-state index in [1.807, 2.05) is 6.07 Å². The van der Waals surface area contributed by atoms with Gasteiger partial charge in [-0.2, -0.15) is 0 Å². The molecule has 0 saturated heterocycles. The van der Waals surface area contributed by atoms with Crippen molar-refractivity contribution < 1.29 is 9.53 Å². The van der Waals surface area contributed by atoms with E-state index in [0.717, 1.165) is 55.3 Å². The van der Waals surface area contributed by atoms with Crippen molar-refractivity contribution in [3.8, 4) is 5.75 Å². The molecule has 1 heterocycles. The first-order chi connectivity index (χ1) is 11.7. The molecular formula is C20H26ClNO2. The second kappa shape index (κ2) is 6.95. The highest BCUT2D eigenvalue weighted by Crippen LogP contribution is 2.40. The summed E-state index contributed by atoms with van der Waals surface area (Å²) in [7, 11) is 0. The fraction of sp³-hybridized carbons (Fsp3) is 0.650. The number of halogens is 1. The monoisotopic (exact) mass is 347 g/mol. The summed E-state index contributed by atoms with van der Waals surface area (Å²) in [5, 5.41) is 3.91. The average Bonchev–Trinajstić information content (AvgIpc) is 2.79. The molecule has 1 aromatic rings. The van der Waals surface area contributed by atoms with Crippen molar-refractivity contribution in [2.75, 3.05) is 6.61 Å². The van der Waals surface area contributed by atoms with Gasteiger partial charge in [0.2, 0.25) is 0 Å². The van der Waals surface area contributed by atoms with Crippen LogP contribution in [0.1, 0.15) is 67.3 Å². The Kier molecular flexibility index (Phi) is 4.71. The van der Waals surface area contributed by atoms with Gasteiger partial charge >= 0.3 is 0 Å². The number of rotatable bonds is 2. The number of carbonyl (C=O) groups excluding carboxylic acids is 1. The number of nitrogens with one attached hydrogen (secondary N) is 1. The summed E-state index contributed by atoms with van der Waals surface area (Å²) in [5.74, 6) is 2.34. The summed E-state index contributed by atoms with van der Waals surface area (Å²) in [6.07, 6.45) is 10.7. The van der Waals surface area contributed by atoms with E-state index in [-0.39, 0.29) is 5.91 Å². The Morgan fingerprint density at radius 3 is 2.67 bits per heavy atom. The Bertz CT molecular complexity index is 618. The van der Waals surface area contributed by atoms with Crippen LogP contribution in [0.25, 0.3) is 0 Å². The van der Waals surface area contributed by atoms with Gasteiger partial charge in [0.1, 0.15) is 5.75 Å². The smallest absolute Gasteiger partial charge is 0.255 e. The van der Waals surface area contributed by atoms with E-state index in [1.54, 1.807) is 6.07 Å². The maximum atomic E-state index is 12.9. The second-order valence-electron chi connectivity index (χ2n) is 7.79. The van der Waals surface area contributed by atoms with E-state index in [9.17, 15) is 4.79 Å². The Labute approximate surface area is 149 Å². The molecule has 3 aliphatic rings. The van der Waals surface area contributed by atoms with Gasteiger partial charge in [0.25, 0.3) is 5.91 Å². The zero-order valence-corrected chi connectivity index (χ0v) is 14.9. The van der Waals surface area contributed by atoms with Crippen LogP contribution in [0.15, 0.2) is 12.1 Å². The summed E-state index contributed by atoms with van der Waals surface area (Å²) in [6, 6.07) is 4.02. The van der Waals surface area contributed by atoms with Crippen LogP contribution in [-0.2, 0) is 6.42 Å². The Balaban J connectivity index is 1.53. The number of ether oxygens (including phenoxy) is 1. The highest BCUT2D eigenvalue weighted by atomic mass is 35.5. The van der Waals surface area contributed by atoms with Gasteiger partial charge < -0.3 is 10.1 Å². The summed E-state index contributed by atoms with van der Waals surface area (Å²) in [5.41, 5.74) is 1.70. The van der Waals surface area contributed by atoms with E-state index >= 15 is 0 Å². The third-order valence-electron chi connectivity index (χ3n) is 5.92. The molecule has 130 valence electrons. The minimum absolute atomic E-state index is 0.0133. The van der Waals surface area contributed by atoms with Crippen molar-refractivity contribution in [1.29, 1.82) is 0 Å². The van der Waals surface area contributed by atoms with E-state index in [1.165, 1.54) is 25.7 Å². The van der Waals surface area contributed by atoms with Crippen LogP contribution in [0.5, 0.6) is 5.75 Å². The molecule has 2 aliphatic carbocycles. The first-order valence-electron chi connectivity index (χ1n) is 9.45. The standard InChI is InChI=1S/C20H26ClNO2/c21-16-11-15-6-1-2-7-24-19(15)18(12-16)20(23)22-17-9-13-4-3-5-14(8-13)10-17/h11-14,17H,1-10H2,(H,22,23). The lowest BCUT2D eigenvalue weighted by Gasteiger charge is -2.39. The van der Waals surface area contributed by atoms with Crippen LogP contribution >= 0.6 is 11.6 Å². The number of hydrogen-bond acceptors (Lipinski definition) is 2. The Hall–Kier alpha value is -1.22. The maximum absolute atomic E-state index is 12.9. The summed E-state index contributed by atoms with van der Waals surface area (Å²) in [4.78, 5) is 12.9. The molecule has 1 aromatic carbocycles. The molecule has 24 heavy (non-hydrogen) atoms. The molecule has 2 saturated carbocycles. The lowest BCUT2D eigenvalue weighted by Crippen LogP contribution is -2.42. The molecule has 0 aromatic heterocycles. The summed E-state index contributed by atoms with van der Waals surface area (Å²) < 4.78 is 5.90. The predicted molar refractivity (Wildman–Crippen MR) is 95.8 cm³/mol. The first-order valence-corrected chi connectivity index (χ1v) is 9.83. The minimum atomic E-state index is -0.0133. The van der Waals surface area contributed by atoms with Crippen LogP contribution in [0.2, 0.25) is 5.02 Å². The van der Waals surface area contributed by atoms with Gasteiger partial charge in [-0.25, -0.2) is 0 Å². The molecule has 3 nitrogen and oxygen atoms in total. The molecule has 1 N–H and O–H groups in total. The fourth-order valence-electron chi connectivity index (χ4n) is 4.88. The SMILES string of the molecule is O=C(NC1CC2CCCC(C2)C1)c1cc(Cl)cc2c1OCCCC2. The van der Waals surface area contributed by atoms with E-state index in [0.29, 0.717) is 23.2 Å². The van der Waals surface area contributed by atoms with Crippen molar-refractivity contribution in [1.82, 2.24) is 5.32 Å². The molecule has 2 atom stereocenters. The van der Waals surface area contributed by atoms with Crippen LogP contribution in [0.4, 0.5) is 0 Å². The average molecular weight is 348 g/mol. The molecule has 4 rings (SSSR count). The van der Waals surface area contributed by atoms with Crippen molar-refractivity contribution in [2.24, 2.45) is 11.8 Å². The van der Waals surface area contributed by atoms with Gasteiger partial charge in [-0.05, 0) is 68.1 Å². The first kappa shape index (κ1) is 16.3. The molecule has 0 radical (unpaired) electrons. The van der Waals surface area contributed by atoms with Gasteiger partial charge in [-0.3, -0.25) is 4.79 Å². The molecule has 2 unspecified atom stereocenters. The second-order valence-corrected chi connectivity index (χ2v) is 8.22. The van der Waals surface area contributed by atoms with E-state index in [4.69, 9.17) is 16.3 Å². The van der Waals surface area contributed by atoms with Gasteiger partial charge in [0, 0.05) is 11.1 Å². The molecular weight excluding hydrogens is 322 g/mol. The van der Waals surface area contributed by atoms with Crippen LogP contribution in [0.3, 0.4) is 0 Å². The van der Waals surface area contributed by atoms with Gasteiger partial charge in [-0.1, -0.05) is 30.9 Å². The topological polar surface area (TPSA) is 38.3 Å². The lowest BCUT2D eigenvalue weighted by molar-refractivity contribution is 0.0876. The number of aryl methyl sites for hydroxylation is 1. The summed E-state index contributed by atoms with van der Waals surface area (Å²) in [6.45, 7) is 0.683. The van der Waals surface area contributed by atoms with Gasteiger partial charge in [0.15, 0.2) is 0 Å². The van der Waals surface area contributed by atoms with Gasteiger partial charge in [0.05, 0.1) is 12.2 Å². The molecule has 1 aliphatic heterocycles. The van der Waals surface area contributed by atoms with E-state index < -0.39 is 0 Å².